The number of epoxide rings is 2. The van der Waals surface area contributed by atoms with Crippen LogP contribution in [0.3, 0.4) is 0 Å². The second kappa shape index (κ2) is 5.99. The van der Waals surface area contributed by atoms with E-state index in [9.17, 15) is 18.3 Å². The van der Waals surface area contributed by atoms with Crippen molar-refractivity contribution in [2.45, 2.75) is 48.4 Å². The Labute approximate surface area is 146 Å². The molecule has 2 heterocycles. The maximum Gasteiger partial charge on any atom is 0.411 e. The molecule has 1 N–H and O–H groups in total. The summed E-state index contributed by atoms with van der Waals surface area (Å²) in [7, 11) is 5.20. The van der Waals surface area contributed by atoms with Gasteiger partial charge in [0.1, 0.15) is 33.5 Å². The first-order chi connectivity index (χ1) is 11.5. The third-order valence-corrected chi connectivity index (χ3v) is 5.77. The standard InChI is InChI=1S/C15H23B2F3O5/c1-12(9(25-12)3-4-23-7-14(18,19)20)11-13(6-24-13)5-8(16)10(21)15(11,17)22-2/h5,9-11,21H,3-4,6-7,16-17H2,1-2H3/t9-,10+,11-,12?,13+,15-/m1/s1. The molecule has 3 rings (SSSR count). The Morgan fingerprint density at radius 3 is 2.60 bits per heavy atom. The number of rotatable bonds is 6. The van der Waals surface area contributed by atoms with Gasteiger partial charge >= 0.3 is 6.18 Å². The lowest BCUT2D eigenvalue weighted by molar-refractivity contribution is -0.174. The third kappa shape index (κ3) is 3.27. The fourth-order valence-corrected chi connectivity index (χ4v) is 4.51. The van der Waals surface area contributed by atoms with Crippen LogP contribution in [0.5, 0.6) is 0 Å². The highest BCUT2D eigenvalue weighted by molar-refractivity contribution is 6.25. The zero-order chi connectivity index (χ0) is 18.7. The van der Waals surface area contributed by atoms with Crippen molar-refractivity contribution in [2.75, 3.05) is 26.9 Å². The minimum absolute atomic E-state index is 0.0402. The number of alkyl halides is 3. The average molecular weight is 362 g/mol. The summed E-state index contributed by atoms with van der Waals surface area (Å²) in [6.45, 7) is 1.11. The van der Waals surface area contributed by atoms with Crippen molar-refractivity contribution in [3.63, 3.8) is 0 Å². The van der Waals surface area contributed by atoms with Crippen LogP contribution in [0.2, 0.25) is 0 Å². The Morgan fingerprint density at radius 1 is 1.44 bits per heavy atom. The number of halogens is 3. The summed E-state index contributed by atoms with van der Waals surface area (Å²) in [5.74, 6) is -0.274. The van der Waals surface area contributed by atoms with Gasteiger partial charge in [-0.2, -0.15) is 13.2 Å². The SMILES string of the molecule is BC1=C[C@]2(CO2)[C@@H](C2(C)O[C@@H]2CCOCC(F)(F)F)[C@](B)(OC)[C@H]1O. The normalized spacial score (nSPS) is 46.2. The monoisotopic (exact) mass is 362 g/mol. The maximum atomic E-state index is 12.2. The van der Waals surface area contributed by atoms with E-state index in [1.807, 2.05) is 28.7 Å². The predicted octanol–water partition coefficient (Wildman–Crippen LogP) is -0.635. The van der Waals surface area contributed by atoms with Gasteiger partial charge in [0.15, 0.2) is 0 Å². The summed E-state index contributed by atoms with van der Waals surface area (Å²) in [6, 6.07) is 0. The molecular weight excluding hydrogens is 339 g/mol. The largest absolute Gasteiger partial charge is 0.411 e. The van der Waals surface area contributed by atoms with Gasteiger partial charge in [-0.1, -0.05) is 11.5 Å². The summed E-state index contributed by atoms with van der Waals surface area (Å²) in [4.78, 5) is 0. The highest BCUT2D eigenvalue weighted by Crippen LogP contribution is 2.60. The van der Waals surface area contributed by atoms with E-state index < -0.39 is 35.6 Å². The van der Waals surface area contributed by atoms with Crippen molar-refractivity contribution in [1.82, 2.24) is 0 Å². The third-order valence-electron chi connectivity index (χ3n) is 5.77. The van der Waals surface area contributed by atoms with Crippen molar-refractivity contribution in [1.29, 1.82) is 0 Å². The topological polar surface area (TPSA) is 63.8 Å². The summed E-state index contributed by atoms with van der Waals surface area (Å²) in [5.41, 5.74) is -1.33. The van der Waals surface area contributed by atoms with Gasteiger partial charge in [0.25, 0.3) is 0 Å². The van der Waals surface area contributed by atoms with Crippen molar-refractivity contribution >= 4 is 15.7 Å². The number of ether oxygens (including phenoxy) is 4. The molecule has 5 nitrogen and oxygen atoms in total. The van der Waals surface area contributed by atoms with Crippen molar-refractivity contribution < 1.29 is 37.2 Å². The molecule has 2 fully saturated rings. The fraction of sp³-hybridized carbons (Fsp3) is 0.867. The maximum absolute atomic E-state index is 12.2. The van der Waals surface area contributed by atoms with Crippen LogP contribution < -0.4 is 0 Å². The molecule has 0 saturated carbocycles. The van der Waals surface area contributed by atoms with Crippen LogP contribution in [-0.2, 0) is 18.9 Å². The van der Waals surface area contributed by atoms with E-state index in [0.29, 0.717) is 13.0 Å². The van der Waals surface area contributed by atoms with E-state index in [1.165, 1.54) is 7.11 Å². The first kappa shape index (κ1) is 19.2. The van der Waals surface area contributed by atoms with Gasteiger partial charge in [-0.3, -0.25) is 0 Å². The molecule has 0 radical (unpaired) electrons. The van der Waals surface area contributed by atoms with E-state index in [0.717, 1.165) is 5.47 Å². The van der Waals surface area contributed by atoms with Gasteiger partial charge in [0, 0.05) is 19.6 Å². The molecule has 10 heteroatoms. The molecular formula is C15H23B2F3O5. The minimum atomic E-state index is -4.33. The molecule has 2 aliphatic heterocycles. The molecule has 2 saturated heterocycles. The number of hydrogen-bond acceptors (Lipinski definition) is 5. The second-order valence-electron chi connectivity index (χ2n) is 7.60. The van der Waals surface area contributed by atoms with Gasteiger partial charge in [0.2, 0.25) is 0 Å². The van der Waals surface area contributed by atoms with Crippen LogP contribution in [0.1, 0.15) is 13.3 Å². The van der Waals surface area contributed by atoms with E-state index in [-0.39, 0.29) is 18.6 Å². The van der Waals surface area contributed by atoms with E-state index in [2.05, 4.69) is 4.74 Å². The molecule has 140 valence electrons. The van der Waals surface area contributed by atoms with Gasteiger partial charge in [-0.25, -0.2) is 0 Å². The second-order valence-corrected chi connectivity index (χ2v) is 7.60. The molecule has 1 aliphatic carbocycles. The van der Waals surface area contributed by atoms with Gasteiger partial charge in [-0.05, 0) is 13.3 Å². The van der Waals surface area contributed by atoms with E-state index >= 15 is 0 Å². The number of aliphatic hydroxyl groups excluding tert-OH is 1. The van der Waals surface area contributed by atoms with E-state index in [4.69, 9.17) is 14.2 Å². The molecule has 0 bridgehead atoms. The van der Waals surface area contributed by atoms with Crippen molar-refractivity contribution in [3.05, 3.63) is 11.5 Å². The van der Waals surface area contributed by atoms with Crippen LogP contribution in [-0.4, -0.2) is 82.8 Å². The van der Waals surface area contributed by atoms with Gasteiger partial charge in [-0.15, -0.1) is 0 Å². The highest BCUT2D eigenvalue weighted by Gasteiger charge is 2.74. The molecule has 1 unspecified atom stereocenters. The molecule has 25 heavy (non-hydrogen) atoms. The van der Waals surface area contributed by atoms with Crippen LogP contribution in [0.15, 0.2) is 11.5 Å². The van der Waals surface area contributed by atoms with Crippen molar-refractivity contribution in [3.8, 4) is 0 Å². The Hall–Kier alpha value is -0.540. The minimum Gasteiger partial charge on any atom is -0.387 e. The summed E-state index contributed by atoms with van der Waals surface area (Å²) < 4.78 is 58.4. The molecule has 0 amide bonds. The van der Waals surface area contributed by atoms with Gasteiger partial charge < -0.3 is 24.1 Å². The van der Waals surface area contributed by atoms with Crippen LogP contribution >= 0.6 is 0 Å². The quantitative estimate of drug-likeness (QED) is 0.387. The van der Waals surface area contributed by atoms with Crippen LogP contribution in [0.4, 0.5) is 13.2 Å². The molecule has 0 aromatic rings. The predicted molar refractivity (Wildman–Crippen MR) is 87.9 cm³/mol. The molecule has 1 spiro atoms. The van der Waals surface area contributed by atoms with E-state index in [1.54, 1.807) is 0 Å². The first-order valence-corrected chi connectivity index (χ1v) is 8.37. The number of methoxy groups -OCH3 is 1. The lowest BCUT2D eigenvalue weighted by Crippen LogP contribution is -2.64. The molecule has 6 atom stereocenters. The molecule has 3 aliphatic rings. The summed E-state index contributed by atoms with van der Waals surface area (Å²) in [6.07, 6.45) is -3.13. The molecule has 0 aromatic heterocycles. The number of aliphatic hydroxyl groups is 1. The zero-order valence-corrected chi connectivity index (χ0v) is 14.9. The van der Waals surface area contributed by atoms with Gasteiger partial charge in [0.05, 0.1) is 24.3 Å². The number of hydrogen-bond donors (Lipinski definition) is 1. The van der Waals surface area contributed by atoms with Crippen LogP contribution in [0, 0.1) is 5.92 Å². The Morgan fingerprint density at radius 2 is 2.08 bits per heavy atom. The lowest BCUT2D eigenvalue weighted by Gasteiger charge is -2.48. The average Bonchev–Trinajstić information content (AvgIpc) is 3.40. The Kier molecular flexibility index (Phi) is 4.60. The summed E-state index contributed by atoms with van der Waals surface area (Å²) in [5, 5.41) is 10.7. The smallest absolute Gasteiger partial charge is 0.387 e. The zero-order valence-electron chi connectivity index (χ0n) is 14.9. The lowest BCUT2D eigenvalue weighted by atomic mass is 9.52. The Bertz CT molecular complexity index is 568. The van der Waals surface area contributed by atoms with Crippen LogP contribution in [0.25, 0.3) is 0 Å². The Balaban J connectivity index is 1.70. The highest BCUT2D eigenvalue weighted by atomic mass is 19.4. The molecule has 0 aromatic carbocycles. The first-order valence-electron chi connectivity index (χ1n) is 8.37. The fourth-order valence-electron chi connectivity index (χ4n) is 4.51. The van der Waals surface area contributed by atoms with Crippen molar-refractivity contribution in [2.24, 2.45) is 5.92 Å². The summed E-state index contributed by atoms with van der Waals surface area (Å²) >= 11 is 0.